The number of carbonyl (C=O) groups excluding carboxylic acids is 1. The lowest BCUT2D eigenvalue weighted by Crippen LogP contribution is -2.13. The van der Waals surface area contributed by atoms with Crippen LogP contribution in [0.3, 0.4) is 0 Å². The van der Waals surface area contributed by atoms with Gasteiger partial charge in [-0.3, -0.25) is 0 Å². The molecule has 0 atom stereocenters. The summed E-state index contributed by atoms with van der Waals surface area (Å²) in [6.07, 6.45) is 0. The van der Waals surface area contributed by atoms with Crippen LogP contribution >= 0.6 is 67.8 Å². The van der Waals surface area contributed by atoms with Gasteiger partial charge < -0.3 is 4.74 Å². The summed E-state index contributed by atoms with van der Waals surface area (Å²) < 4.78 is 8.53. The van der Waals surface area contributed by atoms with E-state index in [0.29, 0.717) is 11.3 Å². The van der Waals surface area contributed by atoms with Gasteiger partial charge in [0.15, 0.2) is 0 Å². The van der Waals surface area contributed by atoms with Gasteiger partial charge in [-0.15, -0.1) is 0 Å². The van der Waals surface area contributed by atoms with Crippen LogP contribution in [0.5, 0.6) is 5.75 Å². The minimum atomic E-state index is -0.313. The van der Waals surface area contributed by atoms with Gasteiger partial charge in [-0.2, -0.15) is 0 Å². The fourth-order valence-electron chi connectivity index (χ4n) is 2.40. The van der Waals surface area contributed by atoms with E-state index in [2.05, 4.69) is 73.8 Å². The van der Waals surface area contributed by atoms with Gasteiger partial charge in [0, 0.05) is 10.7 Å². The van der Waals surface area contributed by atoms with E-state index in [9.17, 15) is 4.79 Å². The van der Waals surface area contributed by atoms with Crippen LogP contribution in [0.2, 0.25) is 0 Å². The molecular formula is C18H11I3O2. The van der Waals surface area contributed by atoms with Crippen molar-refractivity contribution in [1.29, 1.82) is 0 Å². The first-order valence-electron chi connectivity index (χ1n) is 6.82. The lowest BCUT2D eigenvalue weighted by Gasteiger charge is -2.11. The minimum absolute atomic E-state index is 0.313. The lowest BCUT2D eigenvalue weighted by atomic mass is 10.1. The van der Waals surface area contributed by atoms with Crippen LogP contribution < -0.4 is 4.74 Å². The quantitative estimate of drug-likeness (QED) is 0.145. The Bertz CT molecular complexity index is 920. The molecule has 0 aliphatic rings. The molecule has 0 bridgehead atoms. The highest BCUT2D eigenvalue weighted by Crippen LogP contribution is 2.28. The van der Waals surface area contributed by atoms with E-state index in [1.807, 2.05) is 49.4 Å². The number of benzene rings is 3. The molecule has 0 heterocycles. The largest absolute Gasteiger partial charge is 0.423 e. The SMILES string of the molecule is Cc1cc(OC(=O)c2c(I)ccc(I)c2I)cc2ccccc12. The topological polar surface area (TPSA) is 26.3 Å². The molecular weight excluding hydrogens is 629 g/mol. The summed E-state index contributed by atoms with van der Waals surface area (Å²) in [6, 6.07) is 15.9. The maximum Gasteiger partial charge on any atom is 0.345 e. The number of ether oxygens (including phenoxy) is 1. The van der Waals surface area contributed by atoms with E-state index < -0.39 is 0 Å². The van der Waals surface area contributed by atoms with E-state index in [0.717, 1.165) is 21.7 Å². The van der Waals surface area contributed by atoms with Gasteiger partial charge in [0.05, 0.1) is 5.56 Å². The van der Waals surface area contributed by atoms with Gasteiger partial charge in [-0.25, -0.2) is 4.79 Å². The molecule has 3 aromatic rings. The fraction of sp³-hybridized carbons (Fsp3) is 0.0556. The summed E-state index contributed by atoms with van der Waals surface area (Å²) >= 11 is 6.60. The van der Waals surface area contributed by atoms with Crippen LogP contribution in [0.1, 0.15) is 15.9 Å². The van der Waals surface area contributed by atoms with Gasteiger partial charge >= 0.3 is 5.97 Å². The van der Waals surface area contributed by atoms with Crippen molar-refractivity contribution in [2.45, 2.75) is 6.92 Å². The zero-order chi connectivity index (χ0) is 16.6. The molecule has 116 valence electrons. The van der Waals surface area contributed by atoms with E-state index >= 15 is 0 Å². The number of aryl methyl sites for hydroxylation is 1. The van der Waals surface area contributed by atoms with Crippen molar-refractivity contribution < 1.29 is 9.53 Å². The summed E-state index contributed by atoms with van der Waals surface area (Å²) in [5.41, 5.74) is 1.72. The maximum absolute atomic E-state index is 12.6. The highest BCUT2D eigenvalue weighted by atomic mass is 127. The van der Waals surface area contributed by atoms with Crippen molar-refractivity contribution in [2.24, 2.45) is 0 Å². The molecule has 0 aromatic heterocycles. The van der Waals surface area contributed by atoms with Crippen molar-refractivity contribution in [1.82, 2.24) is 0 Å². The smallest absolute Gasteiger partial charge is 0.345 e. The molecule has 23 heavy (non-hydrogen) atoms. The van der Waals surface area contributed by atoms with Crippen molar-refractivity contribution in [3.05, 3.63) is 70.4 Å². The predicted octanol–water partition coefficient (Wildman–Crippen LogP) is 6.18. The first-order valence-corrected chi connectivity index (χ1v) is 10.1. The van der Waals surface area contributed by atoms with E-state index in [-0.39, 0.29) is 5.97 Å². The molecule has 0 aliphatic carbocycles. The van der Waals surface area contributed by atoms with Crippen LogP contribution in [0.4, 0.5) is 0 Å². The maximum atomic E-state index is 12.6. The Morgan fingerprint density at radius 2 is 1.65 bits per heavy atom. The third-order valence-corrected chi connectivity index (χ3v) is 7.45. The Labute approximate surface area is 175 Å². The molecule has 2 nitrogen and oxygen atoms in total. The number of hydrogen-bond donors (Lipinski definition) is 0. The summed E-state index contributed by atoms with van der Waals surface area (Å²) in [6.45, 7) is 2.03. The van der Waals surface area contributed by atoms with Crippen LogP contribution in [0.25, 0.3) is 10.8 Å². The first kappa shape index (κ1) is 17.4. The average Bonchev–Trinajstić information content (AvgIpc) is 2.51. The summed E-state index contributed by atoms with van der Waals surface area (Å²) in [5.74, 6) is 0.267. The molecule has 0 amide bonds. The number of fused-ring (bicyclic) bond motifs is 1. The minimum Gasteiger partial charge on any atom is -0.423 e. The van der Waals surface area contributed by atoms with E-state index in [4.69, 9.17) is 4.74 Å². The van der Waals surface area contributed by atoms with Crippen LogP contribution in [-0.4, -0.2) is 5.97 Å². The van der Waals surface area contributed by atoms with Gasteiger partial charge in [-0.05, 0) is 115 Å². The van der Waals surface area contributed by atoms with Gasteiger partial charge in [0.25, 0.3) is 0 Å². The molecule has 5 heteroatoms. The molecule has 3 rings (SSSR count). The first-order chi connectivity index (χ1) is 11.0. The molecule has 0 aliphatic heterocycles. The fourth-order valence-corrected chi connectivity index (χ4v) is 4.72. The van der Waals surface area contributed by atoms with Crippen LogP contribution in [0.15, 0.2) is 48.5 Å². The normalized spacial score (nSPS) is 10.8. The highest BCUT2D eigenvalue weighted by molar-refractivity contribution is 14.1. The molecule has 0 unspecified atom stereocenters. The van der Waals surface area contributed by atoms with Crippen molar-refractivity contribution in [2.75, 3.05) is 0 Å². The second-order valence-corrected chi connectivity index (χ2v) is 8.47. The Morgan fingerprint density at radius 3 is 2.43 bits per heavy atom. The lowest BCUT2D eigenvalue weighted by molar-refractivity contribution is 0.0732. The van der Waals surface area contributed by atoms with Crippen molar-refractivity contribution >= 4 is 84.5 Å². The van der Waals surface area contributed by atoms with E-state index in [1.165, 1.54) is 5.39 Å². The second kappa shape index (κ2) is 7.22. The summed E-state index contributed by atoms with van der Waals surface area (Å²) in [5, 5.41) is 2.24. The van der Waals surface area contributed by atoms with Crippen LogP contribution in [0, 0.1) is 17.6 Å². The standard InChI is InChI=1S/C18H11I3O2/c1-10-8-12(9-11-4-2-3-5-13(10)11)23-18(22)16-14(19)6-7-15(20)17(16)21/h2-9H,1H3. The molecule has 0 saturated carbocycles. The van der Waals surface area contributed by atoms with Gasteiger partial charge in [-0.1, -0.05) is 24.3 Å². The predicted molar refractivity (Wildman–Crippen MR) is 118 cm³/mol. The van der Waals surface area contributed by atoms with Crippen LogP contribution in [-0.2, 0) is 0 Å². The molecule has 0 saturated heterocycles. The monoisotopic (exact) mass is 640 g/mol. The number of hydrogen-bond acceptors (Lipinski definition) is 2. The second-order valence-electron chi connectivity index (χ2n) is 5.07. The molecule has 0 spiro atoms. The number of esters is 1. The third-order valence-electron chi connectivity index (χ3n) is 3.50. The Balaban J connectivity index is 2.00. The van der Waals surface area contributed by atoms with Crippen molar-refractivity contribution in [3.8, 4) is 5.75 Å². The third kappa shape index (κ3) is 3.65. The zero-order valence-electron chi connectivity index (χ0n) is 12.1. The van der Waals surface area contributed by atoms with Crippen molar-refractivity contribution in [3.63, 3.8) is 0 Å². The highest BCUT2D eigenvalue weighted by Gasteiger charge is 2.18. The molecule has 0 fully saturated rings. The van der Waals surface area contributed by atoms with Gasteiger partial charge in [0.1, 0.15) is 5.75 Å². The van der Waals surface area contributed by atoms with Gasteiger partial charge in [0.2, 0.25) is 0 Å². The summed E-state index contributed by atoms with van der Waals surface area (Å²) in [7, 11) is 0. The molecule has 3 aromatic carbocycles. The molecule has 0 N–H and O–H groups in total. The number of carbonyl (C=O) groups is 1. The van der Waals surface area contributed by atoms with E-state index in [1.54, 1.807) is 0 Å². The zero-order valence-corrected chi connectivity index (χ0v) is 18.5. The number of halogens is 3. The Kier molecular flexibility index (Phi) is 5.46. The number of rotatable bonds is 2. The average molecular weight is 640 g/mol. The Morgan fingerprint density at radius 1 is 0.957 bits per heavy atom. The molecule has 0 radical (unpaired) electrons. The summed E-state index contributed by atoms with van der Waals surface area (Å²) in [4.78, 5) is 12.6. The Hall–Kier alpha value is -0.420.